The number of esters is 1. The standard InChI is InChI=1S/C14H14N4O5S/c1-2-21-12(19)8-6-15-13(20)16-9(8)7-24-14-18-17-11(23-14)10-4-3-5-22-10/h3-5H,2,6-7H2,1H3,(H2,15,16,20). The van der Waals surface area contributed by atoms with Gasteiger partial charge in [-0.05, 0) is 19.1 Å². The maximum Gasteiger partial charge on any atom is 0.337 e. The van der Waals surface area contributed by atoms with Crippen molar-refractivity contribution in [3.63, 3.8) is 0 Å². The maximum absolute atomic E-state index is 11.9. The minimum Gasteiger partial charge on any atom is -0.463 e. The monoisotopic (exact) mass is 350 g/mol. The number of hydrogen-bond donors (Lipinski definition) is 2. The highest BCUT2D eigenvalue weighted by atomic mass is 32.2. The van der Waals surface area contributed by atoms with E-state index in [1.807, 2.05) is 0 Å². The molecule has 0 saturated heterocycles. The lowest BCUT2D eigenvalue weighted by Crippen LogP contribution is -2.44. The summed E-state index contributed by atoms with van der Waals surface area (Å²) >= 11 is 1.20. The van der Waals surface area contributed by atoms with Gasteiger partial charge >= 0.3 is 12.0 Å². The third-order valence-electron chi connectivity index (χ3n) is 3.05. The Labute approximate surface area is 140 Å². The molecule has 0 atom stereocenters. The van der Waals surface area contributed by atoms with Crippen molar-refractivity contribution in [3.05, 3.63) is 29.7 Å². The molecule has 0 bridgehead atoms. The number of hydrogen-bond acceptors (Lipinski definition) is 8. The van der Waals surface area contributed by atoms with Gasteiger partial charge in [-0.3, -0.25) is 0 Å². The second-order valence-electron chi connectivity index (χ2n) is 4.62. The quantitative estimate of drug-likeness (QED) is 0.595. The zero-order valence-electron chi connectivity index (χ0n) is 12.7. The summed E-state index contributed by atoms with van der Waals surface area (Å²) in [5, 5.41) is 13.2. The van der Waals surface area contributed by atoms with E-state index >= 15 is 0 Å². The molecule has 0 fully saturated rings. The molecule has 2 amide bonds. The summed E-state index contributed by atoms with van der Waals surface area (Å²) in [6.45, 7) is 2.09. The van der Waals surface area contributed by atoms with E-state index in [4.69, 9.17) is 13.6 Å². The highest BCUT2D eigenvalue weighted by Gasteiger charge is 2.24. The molecule has 126 valence electrons. The van der Waals surface area contributed by atoms with E-state index in [9.17, 15) is 9.59 Å². The number of carbonyl (C=O) groups excluding carboxylic acids is 2. The molecule has 1 aliphatic rings. The second kappa shape index (κ2) is 7.21. The van der Waals surface area contributed by atoms with Crippen molar-refractivity contribution in [2.75, 3.05) is 18.9 Å². The van der Waals surface area contributed by atoms with Crippen LogP contribution in [0.5, 0.6) is 0 Å². The van der Waals surface area contributed by atoms with Crippen LogP contribution in [-0.2, 0) is 9.53 Å². The van der Waals surface area contributed by atoms with Crippen LogP contribution in [0.2, 0.25) is 0 Å². The molecule has 0 aliphatic carbocycles. The van der Waals surface area contributed by atoms with E-state index in [0.29, 0.717) is 22.3 Å². The maximum atomic E-state index is 11.9. The van der Waals surface area contributed by atoms with Crippen molar-refractivity contribution in [1.29, 1.82) is 0 Å². The van der Waals surface area contributed by atoms with E-state index in [1.165, 1.54) is 18.0 Å². The second-order valence-corrected chi connectivity index (χ2v) is 5.55. The number of urea groups is 1. The molecule has 0 aromatic carbocycles. The van der Waals surface area contributed by atoms with Crippen molar-refractivity contribution in [2.24, 2.45) is 0 Å². The van der Waals surface area contributed by atoms with Gasteiger partial charge in [0.05, 0.1) is 25.0 Å². The number of furan rings is 1. The Balaban J connectivity index is 1.71. The zero-order chi connectivity index (χ0) is 16.9. The van der Waals surface area contributed by atoms with Crippen molar-refractivity contribution in [2.45, 2.75) is 12.1 Å². The minimum absolute atomic E-state index is 0.113. The summed E-state index contributed by atoms with van der Waals surface area (Å²) in [5.74, 6) is 0.538. The fraction of sp³-hybridized carbons (Fsp3) is 0.286. The van der Waals surface area contributed by atoms with Crippen molar-refractivity contribution in [1.82, 2.24) is 20.8 Å². The van der Waals surface area contributed by atoms with Gasteiger partial charge in [0.2, 0.25) is 0 Å². The van der Waals surface area contributed by atoms with E-state index in [-0.39, 0.29) is 30.8 Å². The van der Waals surface area contributed by atoms with Crippen LogP contribution in [0.25, 0.3) is 11.7 Å². The molecule has 3 heterocycles. The van der Waals surface area contributed by atoms with Gasteiger partial charge in [0.1, 0.15) is 0 Å². The van der Waals surface area contributed by atoms with Gasteiger partial charge in [0, 0.05) is 11.4 Å². The molecule has 3 rings (SSSR count). The van der Waals surface area contributed by atoms with Gasteiger partial charge in [0.25, 0.3) is 11.1 Å². The Bertz CT molecular complexity index is 768. The third kappa shape index (κ3) is 3.59. The van der Waals surface area contributed by atoms with Crippen LogP contribution in [0.3, 0.4) is 0 Å². The number of aromatic nitrogens is 2. The first-order valence-corrected chi connectivity index (χ1v) is 8.10. The third-order valence-corrected chi connectivity index (χ3v) is 3.90. The van der Waals surface area contributed by atoms with E-state index in [2.05, 4.69) is 20.8 Å². The van der Waals surface area contributed by atoms with Crippen LogP contribution < -0.4 is 10.6 Å². The zero-order valence-corrected chi connectivity index (χ0v) is 13.5. The molecular formula is C14H14N4O5S. The summed E-state index contributed by atoms with van der Waals surface area (Å²) < 4.78 is 15.6. The number of nitrogens with one attached hydrogen (secondary N) is 2. The average Bonchev–Trinajstić information content (AvgIpc) is 3.24. The predicted molar refractivity (Wildman–Crippen MR) is 82.9 cm³/mol. The Hall–Kier alpha value is -2.75. The van der Waals surface area contributed by atoms with Gasteiger partial charge in [-0.25, -0.2) is 9.59 Å². The topological polar surface area (TPSA) is 119 Å². The van der Waals surface area contributed by atoms with Gasteiger partial charge < -0.3 is 24.2 Å². The van der Waals surface area contributed by atoms with Crippen LogP contribution in [0.1, 0.15) is 6.92 Å². The number of carbonyl (C=O) groups is 2. The van der Waals surface area contributed by atoms with Gasteiger partial charge in [-0.2, -0.15) is 0 Å². The normalized spacial score (nSPS) is 14.3. The summed E-state index contributed by atoms with van der Waals surface area (Å²) in [6.07, 6.45) is 1.51. The van der Waals surface area contributed by atoms with E-state index < -0.39 is 5.97 Å². The first-order valence-electron chi connectivity index (χ1n) is 7.11. The van der Waals surface area contributed by atoms with Crippen molar-refractivity contribution < 1.29 is 23.2 Å². The van der Waals surface area contributed by atoms with E-state index in [0.717, 1.165) is 0 Å². The number of amides is 2. The van der Waals surface area contributed by atoms with Crippen LogP contribution in [0, 0.1) is 0 Å². The number of ether oxygens (including phenoxy) is 1. The van der Waals surface area contributed by atoms with Crippen LogP contribution in [0.15, 0.2) is 43.7 Å². The molecule has 2 aromatic rings. The lowest BCUT2D eigenvalue weighted by Gasteiger charge is -2.20. The summed E-state index contributed by atoms with van der Waals surface area (Å²) in [7, 11) is 0. The fourth-order valence-corrected chi connectivity index (χ4v) is 2.72. The Morgan fingerprint density at radius 3 is 3.08 bits per heavy atom. The molecule has 9 nitrogen and oxygen atoms in total. The highest BCUT2D eigenvalue weighted by molar-refractivity contribution is 7.99. The van der Waals surface area contributed by atoms with Crippen molar-refractivity contribution in [3.8, 4) is 11.7 Å². The van der Waals surface area contributed by atoms with Crippen LogP contribution in [0.4, 0.5) is 4.79 Å². The molecule has 2 aromatic heterocycles. The van der Waals surface area contributed by atoms with Gasteiger partial charge in [-0.15, -0.1) is 10.2 Å². The molecule has 24 heavy (non-hydrogen) atoms. The van der Waals surface area contributed by atoms with Crippen LogP contribution in [-0.4, -0.2) is 41.1 Å². The molecule has 0 saturated carbocycles. The molecule has 1 aliphatic heterocycles. The smallest absolute Gasteiger partial charge is 0.337 e. The molecule has 0 spiro atoms. The SMILES string of the molecule is CCOC(=O)C1=C(CSc2nnc(-c3ccco3)o2)NC(=O)NC1. The minimum atomic E-state index is -0.470. The molecule has 0 radical (unpaired) electrons. The van der Waals surface area contributed by atoms with Gasteiger partial charge in [-0.1, -0.05) is 11.8 Å². The fourth-order valence-electron chi connectivity index (χ4n) is 1.97. The lowest BCUT2D eigenvalue weighted by molar-refractivity contribution is -0.138. The number of thioether (sulfide) groups is 1. The summed E-state index contributed by atoms with van der Waals surface area (Å²) in [4.78, 5) is 23.4. The summed E-state index contributed by atoms with van der Waals surface area (Å²) in [5.41, 5.74) is 0.828. The number of nitrogens with zero attached hydrogens (tertiary/aromatic N) is 2. The highest BCUT2D eigenvalue weighted by Crippen LogP contribution is 2.25. The first kappa shape index (κ1) is 16.1. The Morgan fingerprint density at radius 2 is 2.33 bits per heavy atom. The molecule has 0 unspecified atom stereocenters. The molecule has 10 heteroatoms. The number of rotatable bonds is 6. The lowest BCUT2D eigenvalue weighted by atomic mass is 10.2. The van der Waals surface area contributed by atoms with E-state index in [1.54, 1.807) is 19.1 Å². The molecular weight excluding hydrogens is 336 g/mol. The van der Waals surface area contributed by atoms with Crippen molar-refractivity contribution >= 4 is 23.8 Å². The largest absolute Gasteiger partial charge is 0.463 e. The molecule has 2 N–H and O–H groups in total. The van der Waals surface area contributed by atoms with Gasteiger partial charge in [0.15, 0.2) is 5.76 Å². The van der Waals surface area contributed by atoms with Crippen LogP contribution >= 0.6 is 11.8 Å². The average molecular weight is 350 g/mol. The Kier molecular flexibility index (Phi) is 4.85. The first-order chi connectivity index (χ1) is 11.7. The Morgan fingerprint density at radius 1 is 1.46 bits per heavy atom. The predicted octanol–water partition coefficient (Wildman–Crippen LogP) is 1.55. The summed E-state index contributed by atoms with van der Waals surface area (Å²) in [6, 6.07) is 3.05.